The van der Waals surface area contributed by atoms with E-state index < -0.39 is 6.17 Å². The third kappa shape index (κ3) is 2.06. The number of carbonyl (C=O) groups excluding carboxylic acids is 1. The molecule has 2 N–H and O–H groups in total. The smallest absolute Gasteiger partial charge is 0.266 e. The number of rotatable bonds is 1. The molecule has 100 valence electrons. The Morgan fingerprint density at radius 3 is 2.68 bits per heavy atom. The lowest BCUT2D eigenvalue weighted by atomic mass is 9.94. The summed E-state index contributed by atoms with van der Waals surface area (Å²) in [5.74, 6) is 0.312. The zero-order valence-corrected chi connectivity index (χ0v) is 11.2. The maximum Gasteiger partial charge on any atom is 0.266 e. The van der Waals surface area contributed by atoms with Crippen molar-refractivity contribution in [2.45, 2.75) is 31.8 Å². The summed E-state index contributed by atoms with van der Waals surface area (Å²) in [5.41, 5.74) is 8.94. The van der Waals surface area contributed by atoms with Crippen molar-refractivity contribution in [3.63, 3.8) is 0 Å². The van der Waals surface area contributed by atoms with Gasteiger partial charge in [-0.05, 0) is 18.9 Å². The number of para-hydroxylation sites is 1. The molecular weight excluding hydrogens is 238 g/mol. The molecule has 1 aromatic rings. The van der Waals surface area contributed by atoms with Gasteiger partial charge in [0, 0.05) is 24.2 Å². The van der Waals surface area contributed by atoms with Gasteiger partial charge in [-0.2, -0.15) is 0 Å². The molecule has 0 aromatic heterocycles. The summed E-state index contributed by atoms with van der Waals surface area (Å²) < 4.78 is 0. The molecule has 4 heteroatoms. The topological polar surface area (TPSA) is 58.7 Å². The lowest BCUT2D eigenvalue weighted by molar-refractivity contribution is -0.119. The van der Waals surface area contributed by atoms with Gasteiger partial charge in [0.05, 0.1) is 5.69 Å². The Bertz CT molecular complexity index is 532. The molecule has 0 unspecified atom stereocenters. The summed E-state index contributed by atoms with van der Waals surface area (Å²) in [4.78, 5) is 18.3. The van der Waals surface area contributed by atoms with E-state index >= 15 is 0 Å². The van der Waals surface area contributed by atoms with E-state index in [0.717, 1.165) is 29.8 Å². The van der Waals surface area contributed by atoms with E-state index in [-0.39, 0.29) is 5.91 Å². The number of nitrogens with zero attached hydrogens (tertiary/aromatic N) is 2. The van der Waals surface area contributed by atoms with Crippen LogP contribution in [0.3, 0.4) is 0 Å². The first kappa shape index (κ1) is 12.4. The normalized spacial score (nSPS) is 24.1. The number of nitrogens with two attached hydrogens (primary N) is 1. The average molecular weight is 257 g/mol. The predicted molar refractivity (Wildman–Crippen MR) is 76.3 cm³/mol. The number of hydrogen-bond acceptors (Lipinski definition) is 3. The summed E-state index contributed by atoms with van der Waals surface area (Å²) in [7, 11) is 1.77. The van der Waals surface area contributed by atoms with Crippen LogP contribution in [0, 0.1) is 5.92 Å². The zero-order chi connectivity index (χ0) is 13.4. The van der Waals surface area contributed by atoms with Crippen LogP contribution in [0.25, 0.3) is 0 Å². The molecule has 0 spiro atoms. The Morgan fingerprint density at radius 2 is 1.95 bits per heavy atom. The van der Waals surface area contributed by atoms with E-state index in [2.05, 4.69) is 4.99 Å². The number of aliphatic imine (C=N–C) groups is 1. The number of amides is 1. The van der Waals surface area contributed by atoms with Crippen molar-refractivity contribution in [1.29, 1.82) is 0 Å². The van der Waals surface area contributed by atoms with Crippen LogP contribution in [0.2, 0.25) is 0 Å². The van der Waals surface area contributed by atoms with Gasteiger partial charge in [-0.3, -0.25) is 9.79 Å². The number of hydrogen-bond donors (Lipinski definition) is 1. The van der Waals surface area contributed by atoms with Gasteiger partial charge in [0.25, 0.3) is 5.91 Å². The number of benzene rings is 1. The second-order valence-electron chi connectivity index (χ2n) is 5.35. The minimum Gasteiger partial charge on any atom is -0.312 e. The van der Waals surface area contributed by atoms with Crippen molar-refractivity contribution in [2.75, 3.05) is 11.9 Å². The fraction of sp³-hybridized carbons (Fsp3) is 0.467. The molecule has 1 saturated carbocycles. The monoisotopic (exact) mass is 257 g/mol. The molecule has 1 aromatic carbocycles. The van der Waals surface area contributed by atoms with Crippen LogP contribution < -0.4 is 10.6 Å². The molecule has 19 heavy (non-hydrogen) atoms. The number of likely N-dealkylation sites (N-methyl/N-ethyl adjacent to an activating group) is 1. The van der Waals surface area contributed by atoms with Gasteiger partial charge in [-0.25, -0.2) is 0 Å². The summed E-state index contributed by atoms with van der Waals surface area (Å²) in [5, 5.41) is 0. The molecule has 1 atom stereocenters. The highest BCUT2D eigenvalue weighted by molar-refractivity contribution is 6.13. The molecule has 1 aliphatic carbocycles. The molecule has 1 fully saturated rings. The molecule has 4 nitrogen and oxygen atoms in total. The SMILES string of the molecule is CN1C(=O)[C@H](N)N=C(C2CCCC2)c2ccccc21. The van der Waals surface area contributed by atoms with E-state index in [1.54, 1.807) is 11.9 Å². The van der Waals surface area contributed by atoms with E-state index in [9.17, 15) is 4.79 Å². The first-order valence-electron chi connectivity index (χ1n) is 6.88. The third-order valence-corrected chi connectivity index (χ3v) is 4.14. The second-order valence-corrected chi connectivity index (χ2v) is 5.35. The van der Waals surface area contributed by atoms with Crippen LogP contribution in [-0.4, -0.2) is 24.8 Å². The molecule has 2 aliphatic rings. The highest BCUT2D eigenvalue weighted by Gasteiger charge is 2.31. The lowest BCUT2D eigenvalue weighted by Gasteiger charge is -2.19. The number of anilines is 1. The summed E-state index contributed by atoms with van der Waals surface area (Å²) in [6.07, 6.45) is 4.01. The van der Waals surface area contributed by atoms with Crippen molar-refractivity contribution >= 4 is 17.3 Å². The minimum absolute atomic E-state index is 0.138. The molecule has 0 saturated heterocycles. The fourth-order valence-corrected chi connectivity index (χ4v) is 3.10. The lowest BCUT2D eigenvalue weighted by Crippen LogP contribution is -2.39. The quantitative estimate of drug-likeness (QED) is 0.835. The van der Waals surface area contributed by atoms with Gasteiger partial charge < -0.3 is 10.6 Å². The zero-order valence-electron chi connectivity index (χ0n) is 11.2. The van der Waals surface area contributed by atoms with E-state index in [1.165, 1.54) is 12.8 Å². The summed E-state index contributed by atoms with van der Waals surface area (Å²) in [6, 6.07) is 7.97. The summed E-state index contributed by atoms with van der Waals surface area (Å²) in [6.45, 7) is 0. The van der Waals surface area contributed by atoms with E-state index in [0.29, 0.717) is 5.92 Å². The fourth-order valence-electron chi connectivity index (χ4n) is 3.10. The predicted octanol–water partition coefficient (Wildman–Crippen LogP) is 1.93. The van der Waals surface area contributed by atoms with Crippen molar-refractivity contribution in [2.24, 2.45) is 16.6 Å². The second kappa shape index (κ2) is 4.78. The molecule has 1 aliphatic heterocycles. The van der Waals surface area contributed by atoms with Crippen LogP contribution in [0.1, 0.15) is 31.2 Å². The van der Waals surface area contributed by atoms with E-state index in [1.807, 2.05) is 24.3 Å². The molecule has 1 heterocycles. The van der Waals surface area contributed by atoms with Gasteiger partial charge >= 0.3 is 0 Å². The molecule has 3 rings (SSSR count). The standard InChI is InChI=1S/C15H19N3O/c1-18-12-9-5-4-8-11(12)13(10-6-2-3-7-10)17-14(16)15(18)19/h4-5,8-10,14H,2-3,6-7,16H2,1H3/t14-/m1/s1. The number of benzodiazepines with no additional fused rings is 1. The van der Waals surface area contributed by atoms with Gasteiger partial charge in [0.15, 0.2) is 6.17 Å². The largest absolute Gasteiger partial charge is 0.312 e. The molecule has 1 amide bonds. The van der Waals surface area contributed by atoms with Gasteiger partial charge in [0.1, 0.15) is 0 Å². The number of fused-ring (bicyclic) bond motifs is 1. The molecule has 0 bridgehead atoms. The Kier molecular flexibility index (Phi) is 3.11. The van der Waals surface area contributed by atoms with Crippen LogP contribution in [0.15, 0.2) is 29.3 Å². The maximum absolute atomic E-state index is 12.2. The third-order valence-electron chi connectivity index (χ3n) is 4.14. The van der Waals surface area contributed by atoms with Crippen LogP contribution >= 0.6 is 0 Å². The first-order valence-corrected chi connectivity index (χ1v) is 6.88. The van der Waals surface area contributed by atoms with Gasteiger partial charge in [-0.1, -0.05) is 31.0 Å². The van der Waals surface area contributed by atoms with Crippen molar-refractivity contribution in [3.8, 4) is 0 Å². The number of carbonyl (C=O) groups is 1. The van der Waals surface area contributed by atoms with Crippen molar-refractivity contribution < 1.29 is 4.79 Å². The van der Waals surface area contributed by atoms with Gasteiger partial charge in [0.2, 0.25) is 0 Å². The Balaban J connectivity index is 2.12. The Labute approximate surface area is 113 Å². The van der Waals surface area contributed by atoms with Crippen molar-refractivity contribution in [3.05, 3.63) is 29.8 Å². The van der Waals surface area contributed by atoms with Gasteiger partial charge in [-0.15, -0.1) is 0 Å². The highest BCUT2D eigenvalue weighted by atomic mass is 16.2. The average Bonchev–Trinajstić information content (AvgIpc) is 2.94. The molecular formula is C15H19N3O. The summed E-state index contributed by atoms with van der Waals surface area (Å²) >= 11 is 0. The Morgan fingerprint density at radius 1 is 1.26 bits per heavy atom. The van der Waals surface area contributed by atoms with E-state index in [4.69, 9.17) is 5.73 Å². The van der Waals surface area contributed by atoms with Crippen LogP contribution in [0.5, 0.6) is 0 Å². The van der Waals surface area contributed by atoms with Crippen molar-refractivity contribution in [1.82, 2.24) is 0 Å². The first-order chi connectivity index (χ1) is 9.18. The minimum atomic E-state index is -0.770. The van der Waals surface area contributed by atoms with Crippen LogP contribution in [-0.2, 0) is 4.79 Å². The molecule has 0 radical (unpaired) electrons. The highest BCUT2D eigenvalue weighted by Crippen LogP contribution is 2.33. The van der Waals surface area contributed by atoms with Crippen LogP contribution in [0.4, 0.5) is 5.69 Å². The Hall–Kier alpha value is -1.68. The maximum atomic E-state index is 12.2.